The molecule has 0 atom stereocenters. The van der Waals surface area contributed by atoms with E-state index in [2.05, 4.69) is 6.58 Å². The minimum atomic E-state index is -0.641. The molecule has 2 aromatic carbocycles. The molecule has 1 heterocycles. The molecular formula is C19H18O6. The minimum Gasteiger partial charge on any atom is -0.504 e. The monoisotopic (exact) mass is 342 g/mol. The molecule has 6 nitrogen and oxygen atoms in total. The molecule has 130 valence electrons. The molecular weight excluding hydrogens is 324 g/mol. The van der Waals surface area contributed by atoms with Crippen molar-refractivity contribution in [1.82, 2.24) is 0 Å². The largest absolute Gasteiger partial charge is 0.504 e. The molecule has 0 bridgehead atoms. The average Bonchev–Trinajstić information content (AvgIpc) is 2.58. The fourth-order valence-electron chi connectivity index (χ4n) is 2.82. The number of rotatable bonds is 3. The van der Waals surface area contributed by atoms with Crippen molar-refractivity contribution in [2.45, 2.75) is 19.3 Å². The first-order valence-electron chi connectivity index (χ1n) is 7.58. The molecule has 0 amide bonds. The Morgan fingerprint density at radius 3 is 2.44 bits per heavy atom. The summed E-state index contributed by atoms with van der Waals surface area (Å²) in [6, 6.07) is 3.99. The Balaban J connectivity index is 2.67. The molecule has 25 heavy (non-hydrogen) atoms. The van der Waals surface area contributed by atoms with Crippen LogP contribution in [0.4, 0.5) is 0 Å². The standard InChI is InChI=1S/C19H18O6/c1-5-19(2,3)10-8-12(21)18(24-4)13-14(22)9-6-7-11(20)15(23)16(9)25-17(10)13/h5-8,20-21,23H,1H2,2-4H3. The summed E-state index contributed by atoms with van der Waals surface area (Å²) in [5, 5.41) is 30.2. The van der Waals surface area contributed by atoms with E-state index >= 15 is 0 Å². The molecule has 3 N–H and O–H groups in total. The molecule has 0 radical (unpaired) electrons. The summed E-state index contributed by atoms with van der Waals surface area (Å²) >= 11 is 0. The number of ether oxygens (including phenoxy) is 1. The van der Waals surface area contributed by atoms with Crippen LogP contribution in [0.2, 0.25) is 0 Å². The van der Waals surface area contributed by atoms with E-state index in [4.69, 9.17) is 9.15 Å². The lowest BCUT2D eigenvalue weighted by Crippen LogP contribution is -2.16. The summed E-state index contributed by atoms with van der Waals surface area (Å²) in [6.07, 6.45) is 1.65. The highest BCUT2D eigenvalue weighted by molar-refractivity contribution is 5.99. The molecule has 0 unspecified atom stereocenters. The van der Waals surface area contributed by atoms with E-state index in [0.717, 1.165) is 0 Å². The van der Waals surface area contributed by atoms with Crippen LogP contribution in [0.3, 0.4) is 0 Å². The van der Waals surface area contributed by atoms with Gasteiger partial charge in [0.1, 0.15) is 11.0 Å². The Hall–Kier alpha value is -3.15. The molecule has 0 aliphatic carbocycles. The summed E-state index contributed by atoms with van der Waals surface area (Å²) < 4.78 is 11.0. The van der Waals surface area contributed by atoms with Crippen molar-refractivity contribution < 1.29 is 24.5 Å². The second-order valence-corrected chi connectivity index (χ2v) is 6.35. The van der Waals surface area contributed by atoms with Crippen LogP contribution in [0.25, 0.3) is 21.9 Å². The van der Waals surface area contributed by atoms with Crippen molar-refractivity contribution in [1.29, 1.82) is 0 Å². The van der Waals surface area contributed by atoms with Gasteiger partial charge in [0.25, 0.3) is 0 Å². The summed E-state index contributed by atoms with van der Waals surface area (Å²) in [5.74, 6) is -1.13. The maximum absolute atomic E-state index is 13.0. The van der Waals surface area contributed by atoms with Crippen molar-refractivity contribution >= 4 is 21.9 Å². The summed E-state index contributed by atoms with van der Waals surface area (Å²) in [7, 11) is 1.34. The minimum absolute atomic E-state index is 0.0122. The van der Waals surface area contributed by atoms with E-state index in [1.165, 1.54) is 25.3 Å². The zero-order valence-electron chi connectivity index (χ0n) is 14.1. The first-order chi connectivity index (χ1) is 11.7. The first kappa shape index (κ1) is 16.7. The molecule has 0 aliphatic rings. The Kier molecular flexibility index (Phi) is 3.64. The Morgan fingerprint density at radius 2 is 1.84 bits per heavy atom. The van der Waals surface area contributed by atoms with Crippen molar-refractivity contribution in [2.75, 3.05) is 7.11 Å². The van der Waals surface area contributed by atoms with E-state index in [1.807, 2.05) is 13.8 Å². The van der Waals surface area contributed by atoms with E-state index in [-0.39, 0.29) is 33.4 Å². The third-order valence-electron chi connectivity index (χ3n) is 4.41. The number of methoxy groups -OCH3 is 1. The number of phenols is 3. The van der Waals surface area contributed by atoms with Gasteiger partial charge < -0.3 is 24.5 Å². The summed E-state index contributed by atoms with van der Waals surface area (Å²) in [6.45, 7) is 7.46. The van der Waals surface area contributed by atoms with Crippen LogP contribution in [0, 0.1) is 0 Å². The van der Waals surface area contributed by atoms with Gasteiger partial charge in [-0.3, -0.25) is 4.79 Å². The molecule has 0 saturated heterocycles. The zero-order chi connectivity index (χ0) is 18.5. The van der Waals surface area contributed by atoms with Crippen molar-refractivity contribution in [3.63, 3.8) is 0 Å². The van der Waals surface area contributed by atoms with Crippen LogP contribution in [0.15, 0.2) is 40.1 Å². The van der Waals surface area contributed by atoms with E-state index < -0.39 is 22.3 Å². The smallest absolute Gasteiger partial charge is 0.204 e. The molecule has 0 aliphatic heterocycles. The number of aromatic hydroxyl groups is 3. The average molecular weight is 342 g/mol. The second-order valence-electron chi connectivity index (χ2n) is 6.35. The highest BCUT2D eigenvalue weighted by Gasteiger charge is 2.27. The number of benzene rings is 2. The van der Waals surface area contributed by atoms with Crippen LogP contribution in [-0.2, 0) is 5.41 Å². The van der Waals surface area contributed by atoms with E-state index in [1.54, 1.807) is 6.08 Å². The second kappa shape index (κ2) is 5.44. The molecule has 0 spiro atoms. The fourth-order valence-corrected chi connectivity index (χ4v) is 2.82. The number of allylic oxidation sites excluding steroid dienone is 1. The van der Waals surface area contributed by atoms with Crippen LogP contribution < -0.4 is 10.2 Å². The molecule has 3 rings (SSSR count). The first-order valence-corrected chi connectivity index (χ1v) is 7.58. The number of hydrogen-bond donors (Lipinski definition) is 3. The normalized spacial score (nSPS) is 11.8. The Labute approximate surface area is 143 Å². The number of hydrogen-bond acceptors (Lipinski definition) is 6. The third-order valence-corrected chi connectivity index (χ3v) is 4.41. The molecule has 1 aromatic heterocycles. The van der Waals surface area contributed by atoms with Crippen LogP contribution in [0.5, 0.6) is 23.0 Å². The SMILES string of the molecule is C=CC(C)(C)c1cc(O)c(OC)c2c(=O)c3ccc(O)c(O)c3oc12. The van der Waals surface area contributed by atoms with E-state index in [9.17, 15) is 20.1 Å². The Bertz CT molecular complexity index is 1080. The van der Waals surface area contributed by atoms with Gasteiger partial charge in [-0.2, -0.15) is 0 Å². The fraction of sp³-hybridized carbons (Fsp3) is 0.211. The van der Waals surface area contributed by atoms with Gasteiger partial charge in [-0.05, 0) is 18.2 Å². The topological polar surface area (TPSA) is 100 Å². The number of fused-ring (bicyclic) bond motifs is 2. The van der Waals surface area contributed by atoms with Crippen molar-refractivity contribution in [3.05, 3.63) is 46.6 Å². The molecule has 0 saturated carbocycles. The van der Waals surface area contributed by atoms with Gasteiger partial charge in [0, 0.05) is 11.0 Å². The quantitative estimate of drug-likeness (QED) is 0.382. The van der Waals surface area contributed by atoms with Gasteiger partial charge in [0.15, 0.2) is 22.8 Å². The van der Waals surface area contributed by atoms with Crippen molar-refractivity contribution in [3.8, 4) is 23.0 Å². The maximum atomic E-state index is 13.0. The van der Waals surface area contributed by atoms with Gasteiger partial charge in [0.2, 0.25) is 11.2 Å². The van der Waals surface area contributed by atoms with Gasteiger partial charge in [-0.25, -0.2) is 0 Å². The predicted octanol–water partition coefficient (Wildman–Crippen LogP) is 3.54. The molecule has 3 aromatic rings. The summed E-state index contributed by atoms with van der Waals surface area (Å²) in [4.78, 5) is 13.0. The van der Waals surface area contributed by atoms with Crippen molar-refractivity contribution in [2.24, 2.45) is 0 Å². The van der Waals surface area contributed by atoms with Gasteiger partial charge in [0.05, 0.1) is 12.5 Å². The zero-order valence-corrected chi connectivity index (χ0v) is 14.1. The van der Waals surface area contributed by atoms with Gasteiger partial charge in [-0.1, -0.05) is 19.9 Å². The van der Waals surface area contributed by atoms with E-state index in [0.29, 0.717) is 5.56 Å². The molecule has 6 heteroatoms. The Morgan fingerprint density at radius 1 is 1.16 bits per heavy atom. The molecule has 0 fully saturated rings. The third kappa shape index (κ3) is 2.29. The maximum Gasteiger partial charge on any atom is 0.204 e. The highest BCUT2D eigenvalue weighted by Crippen LogP contribution is 2.43. The van der Waals surface area contributed by atoms with Gasteiger partial charge in [-0.15, -0.1) is 6.58 Å². The predicted molar refractivity (Wildman–Crippen MR) is 94.8 cm³/mol. The highest BCUT2D eigenvalue weighted by atomic mass is 16.5. The van der Waals surface area contributed by atoms with Crippen LogP contribution in [0.1, 0.15) is 19.4 Å². The van der Waals surface area contributed by atoms with Gasteiger partial charge >= 0.3 is 0 Å². The van der Waals surface area contributed by atoms with Crippen LogP contribution in [-0.4, -0.2) is 22.4 Å². The van der Waals surface area contributed by atoms with Crippen LogP contribution >= 0.6 is 0 Å². The lowest BCUT2D eigenvalue weighted by atomic mass is 9.83. The lowest BCUT2D eigenvalue weighted by Gasteiger charge is -2.23. The number of phenolic OH excluding ortho intramolecular Hbond substituents is 3. The lowest BCUT2D eigenvalue weighted by molar-refractivity contribution is 0.376. The summed E-state index contributed by atoms with van der Waals surface area (Å²) in [5.41, 5.74) is -0.611.